The van der Waals surface area contributed by atoms with Crippen molar-refractivity contribution < 1.29 is 14.7 Å². The Morgan fingerprint density at radius 1 is 1.47 bits per heavy atom. The van der Waals surface area contributed by atoms with Crippen LogP contribution < -0.4 is 0 Å². The van der Waals surface area contributed by atoms with Gasteiger partial charge >= 0.3 is 12.0 Å². The molecule has 1 atom stereocenters. The van der Waals surface area contributed by atoms with Crippen LogP contribution in [0.2, 0.25) is 0 Å². The third-order valence-electron chi connectivity index (χ3n) is 2.85. The summed E-state index contributed by atoms with van der Waals surface area (Å²) in [5.41, 5.74) is 0. The molecule has 0 aliphatic carbocycles. The lowest BCUT2D eigenvalue weighted by atomic mass is 10.3. The highest BCUT2D eigenvalue weighted by Gasteiger charge is 2.36. The average Bonchev–Trinajstić information content (AvgIpc) is 2.78. The van der Waals surface area contributed by atoms with Crippen LogP contribution in [0.4, 0.5) is 4.79 Å². The first-order chi connectivity index (χ1) is 8.11. The first kappa shape index (κ1) is 14.2. The van der Waals surface area contributed by atoms with Gasteiger partial charge in [0.15, 0.2) is 0 Å². The van der Waals surface area contributed by atoms with E-state index in [1.54, 1.807) is 4.90 Å². The van der Waals surface area contributed by atoms with Crippen molar-refractivity contribution in [3.63, 3.8) is 0 Å². The number of amides is 2. The summed E-state index contributed by atoms with van der Waals surface area (Å²) in [7, 11) is 0. The number of unbranched alkanes of at least 4 members (excludes halogenated alkanes) is 1. The van der Waals surface area contributed by atoms with Crippen LogP contribution in [-0.2, 0) is 4.79 Å². The first-order valence-corrected chi connectivity index (χ1v) is 7.13. The number of carbonyl (C=O) groups excluding carboxylic acids is 1. The number of carbonyl (C=O) groups is 2. The molecule has 0 radical (unpaired) electrons. The van der Waals surface area contributed by atoms with E-state index < -0.39 is 12.0 Å². The second kappa shape index (κ2) is 6.74. The van der Waals surface area contributed by atoms with Gasteiger partial charge in [-0.25, -0.2) is 9.59 Å². The molecule has 1 fully saturated rings. The molecule has 1 N–H and O–H groups in total. The van der Waals surface area contributed by atoms with E-state index in [9.17, 15) is 9.59 Å². The zero-order valence-corrected chi connectivity index (χ0v) is 11.2. The summed E-state index contributed by atoms with van der Waals surface area (Å²) in [6, 6.07) is -0.804. The van der Waals surface area contributed by atoms with Gasteiger partial charge in [0.1, 0.15) is 6.04 Å². The Balaban J connectivity index is 2.63. The third-order valence-corrected chi connectivity index (χ3v) is 3.86. The third kappa shape index (κ3) is 3.52. The van der Waals surface area contributed by atoms with E-state index in [-0.39, 0.29) is 6.03 Å². The maximum atomic E-state index is 12.2. The van der Waals surface area contributed by atoms with Crippen LogP contribution in [-0.4, -0.2) is 57.7 Å². The molecule has 1 heterocycles. The normalized spacial score (nSPS) is 19.4. The SMILES string of the molecule is CCCCN(CC)C(=O)N1CSCC1C(=O)O. The van der Waals surface area contributed by atoms with Crippen LogP contribution in [0.15, 0.2) is 0 Å². The quantitative estimate of drug-likeness (QED) is 0.817. The van der Waals surface area contributed by atoms with Crippen LogP contribution in [0.5, 0.6) is 0 Å². The van der Waals surface area contributed by atoms with E-state index in [1.165, 1.54) is 16.7 Å². The predicted octanol–water partition coefficient (Wildman–Crippen LogP) is 1.69. The summed E-state index contributed by atoms with van der Waals surface area (Å²) in [6.07, 6.45) is 1.99. The van der Waals surface area contributed by atoms with Gasteiger partial charge in [-0.15, -0.1) is 11.8 Å². The van der Waals surface area contributed by atoms with Gasteiger partial charge < -0.3 is 14.9 Å². The molecule has 2 amide bonds. The molecule has 6 heteroatoms. The van der Waals surface area contributed by atoms with Gasteiger partial charge in [-0.3, -0.25) is 0 Å². The van der Waals surface area contributed by atoms with E-state index in [0.717, 1.165) is 12.8 Å². The average molecular weight is 260 g/mol. The summed E-state index contributed by atoms with van der Waals surface area (Å²) in [5, 5.41) is 9.04. The van der Waals surface area contributed by atoms with Crippen LogP contribution in [0.3, 0.4) is 0 Å². The Morgan fingerprint density at radius 3 is 2.71 bits per heavy atom. The molecule has 1 unspecified atom stereocenters. The van der Waals surface area contributed by atoms with Gasteiger partial charge in [0.25, 0.3) is 0 Å². The molecule has 1 rings (SSSR count). The van der Waals surface area contributed by atoms with Gasteiger partial charge in [-0.1, -0.05) is 13.3 Å². The number of rotatable bonds is 5. The maximum Gasteiger partial charge on any atom is 0.327 e. The molecule has 17 heavy (non-hydrogen) atoms. The number of urea groups is 1. The van der Waals surface area contributed by atoms with Crippen LogP contribution in [0, 0.1) is 0 Å². The fourth-order valence-electron chi connectivity index (χ4n) is 1.76. The summed E-state index contributed by atoms with van der Waals surface area (Å²) < 4.78 is 0. The Hall–Kier alpha value is -0.910. The van der Waals surface area contributed by atoms with E-state index in [2.05, 4.69) is 6.92 Å². The van der Waals surface area contributed by atoms with Crippen LogP contribution >= 0.6 is 11.8 Å². The van der Waals surface area contributed by atoms with Gasteiger partial charge in [0.05, 0.1) is 5.88 Å². The molecule has 0 aromatic rings. The number of thioether (sulfide) groups is 1. The summed E-state index contributed by atoms with van der Waals surface area (Å²) >= 11 is 1.50. The Kier molecular flexibility index (Phi) is 5.61. The number of hydrogen-bond donors (Lipinski definition) is 1. The molecule has 0 bridgehead atoms. The molecule has 0 saturated carbocycles. The summed E-state index contributed by atoms with van der Waals surface area (Å²) in [6.45, 7) is 5.34. The summed E-state index contributed by atoms with van der Waals surface area (Å²) in [4.78, 5) is 26.4. The van der Waals surface area contributed by atoms with E-state index in [1.807, 2.05) is 6.92 Å². The minimum Gasteiger partial charge on any atom is -0.480 e. The van der Waals surface area contributed by atoms with Crippen molar-refractivity contribution >= 4 is 23.8 Å². The molecule has 0 spiro atoms. The molecule has 1 aliphatic rings. The maximum absolute atomic E-state index is 12.2. The van der Waals surface area contributed by atoms with E-state index in [4.69, 9.17) is 5.11 Å². The van der Waals surface area contributed by atoms with Crippen molar-refractivity contribution in [1.29, 1.82) is 0 Å². The minimum atomic E-state index is -0.908. The molecule has 5 nitrogen and oxygen atoms in total. The highest BCUT2D eigenvalue weighted by atomic mass is 32.2. The van der Waals surface area contributed by atoms with Crippen molar-refractivity contribution in [1.82, 2.24) is 9.80 Å². The van der Waals surface area contributed by atoms with Crippen molar-refractivity contribution in [2.45, 2.75) is 32.7 Å². The molecule has 1 aliphatic heterocycles. The molecular formula is C11H20N2O3S. The van der Waals surface area contributed by atoms with Crippen molar-refractivity contribution in [3.8, 4) is 0 Å². The number of hydrogen-bond acceptors (Lipinski definition) is 3. The van der Waals surface area contributed by atoms with Crippen LogP contribution in [0.1, 0.15) is 26.7 Å². The molecule has 0 aromatic carbocycles. The van der Waals surface area contributed by atoms with Crippen molar-refractivity contribution in [3.05, 3.63) is 0 Å². The fourth-order valence-corrected chi connectivity index (χ4v) is 2.89. The minimum absolute atomic E-state index is 0.140. The first-order valence-electron chi connectivity index (χ1n) is 5.97. The van der Waals surface area contributed by atoms with Gasteiger partial charge in [-0.05, 0) is 13.3 Å². The lowest BCUT2D eigenvalue weighted by Crippen LogP contribution is -2.48. The smallest absolute Gasteiger partial charge is 0.327 e. The molecule has 98 valence electrons. The highest BCUT2D eigenvalue weighted by Crippen LogP contribution is 2.22. The number of carboxylic acids is 1. The predicted molar refractivity (Wildman–Crippen MR) is 68.1 cm³/mol. The second-order valence-electron chi connectivity index (χ2n) is 4.04. The van der Waals surface area contributed by atoms with E-state index >= 15 is 0 Å². The summed E-state index contributed by atoms with van der Waals surface area (Å²) in [5.74, 6) is 0.0695. The Morgan fingerprint density at radius 2 is 2.18 bits per heavy atom. The highest BCUT2D eigenvalue weighted by molar-refractivity contribution is 7.99. The zero-order chi connectivity index (χ0) is 12.8. The Bertz CT molecular complexity index is 286. The monoisotopic (exact) mass is 260 g/mol. The van der Waals surface area contributed by atoms with Crippen molar-refractivity contribution in [2.24, 2.45) is 0 Å². The lowest BCUT2D eigenvalue weighted by Gasteiger charge is -2.28. The number of aliphatic carboxylic acids is 1. The Labute approximate surface area is 106 Å². The topological polar surface area (TPSA) is 60.9 Å². The van der Waals surface area contributed by atoms with Crippen molar-refractivity contribution in [2.75, 3.05) is 24.7 Å². The van der Waals surface area contributed by atoms with Gasteiger partial charge in [0, 0.05) is 18.8 Å². The fraction of sp³-hybridized carbons (Fsp3) is 0.818. The number of carboxylic acid groups (broad SMARTS) is 1. The van der Waals surface area contributed by atoms with E-state index in [0.29, 0.717) is 24.7 Å². The van der Waals surface area contributed by atoms with Gasteiger partial charge in [0.2, 0.25) is 0 Å². The van der Waals surface area contributed by atoms with Crippen LogP contribution in [0.25, 0.3) is 0 Å². The number of nitrogens with zero attached hydrogens (tertiary/aromatic N) is 2. The lowest BCUT2D eigenvalue weighted by molar-refractivity contribution is -0.140. The standard InChI is InChI=1S/C11H20N2O3S/c1-3-5-6-12(4-2)11(16)13-8-17-7-9(13)10(14)15/h9H,3-8H2,1-2H3,(H,14,15). The molecule has 0 aromatic heterocycles. The zero-order valence-electron chi connectivity index (χ0n) is 10.4. The molecule has 1 saturated heterocycles. The van der Waals surface area contributed by atoms with Gasteiger partial charge in [-0.2, -0.15) is 0 Å². The second-order valence-corrected chi connectivity index (χ2v) is 5.04. The molecular weight excluding hydrogens is 240 g/mol. The largest absolute Gasteiger partial charge is 0.480 e.